The SMILES string of the molecule is CC(C)c1cc(C2CN(C(=O)OC(C)(C)C)C2)cc(C(C)C)c1C=O. The van der Waals surface area contributed by atoms with Crippen LogP contribution in [0.2, 0.25) is 0 Å². The number of hydrogen-bond acceptors (Lipinski definition) is 3. The average Bonchev–Trinajstić information content (AvgIpc) is 2.42. The first kappa shape index (κ1) is 19.5. The third kappa shape index (κ3) is 4.42. The van der Waals surface area contributed by atoms with Crippen molar-refractivity contribution in [1.82, 2.24) is 4.90 Å². The molecule has 1 saturated heterocycles. The van der Waals surface area contributed by atoms with E-state index in [4.69, 9.17) is 4.74 Å². The molecule has 25 heavy (non-hydrogen) atoms. The van der Waals surface area contributed by atoms with E-state index in [0.717, 1.165) is 23.0 Å². The van der Waals surface area contributed by atoms with Gasteiger partial charge in [-0.25, -0.2) is 4.79 Å². The average molecular weight is 345 g/mol. The van der Waals surface area contributed by atoms with E-state index in [-0.39, 0.29) is 6.09 Å². The quantitative estimate of drug-likeness (QED) is 0.715. The minimum absolute atomic E-state index is 0.249. The van der Waals surface area contributed by atoms with Crippen LogP contribution in [-0.2, 0) is 4.74 Å². The summed E-state index contributed by atoms with van der Waals surface area (Å²) in [6, 6.07) is 4.30. The van der Waals surface area contributed by atoms with E-state index >= 15 is 0 Å². The van der Waals surface area contributed by atoms with Gasteiger partial charge in [-0.3, -0.25) is 4.79 Å². The number of nitrogens with zero attached hydrogens (tertiary/aromatic N) is 1. The second-order valence-corrected chi connectivity index (χ2v) is 8.62. The highest BCUT2D eigenvalue weighted by molar-refractivity contribution is 5.81. The number of likely N-dealkylation sites (tertiary alicyclic amines) is 1. The van der Waals surface area contributed by atoms with E-state index in [0.29, 0.717) is 30.8 Å². The molecule has 1 aromatic carbocycles. The smallest absolute Gasteiger partial charge is 0.410 e. The Morgan fingerprint density at radius 2 is 1.60 bits per heavy atom. The minimum atomic E-state index is -0.469. The second-order valence-electron chi connectivity index (χ2n) is 8.62. The molecule has 1 amide bonds. The number of carbonyl (C=O) groups excluding carboxylic acids is 2. The van der Waals surface area contributed by atoms with Crippen LogP contribution in [0.3, 0.4) is 0 Å². The topological polar surface area (TPSA) is 46.6 Å². The number of hydrogen-bond donors (Lipinski definition) is 0. The fourth-order valence-electron chi connectivity index (χ4n) is 3.22. The number of rotatable bonds is 4. The van der Waals surface area contributed by atoms with Crippen molar-refractivity contribution in [2.75, 3.05) is 13.1 Å². The first-order valence-electron chi connectivity index (χ1n) is 9.14. The standard InChI is InChI=1S/C21H31NO3/c1-13(2)17-8-15(9-18(14(3)4)19(17)12-23)16-10-22(11-16)20(24)25-21(5,6)7/h8-9,12-14,16H,10-11H2,1-7H3. The van der Waals surface area contributed by atoms with Crippen LogP contribution in [0, 0.1) is 0 Å². The molecular formula is C21H31NO3. The van der Waals surface area contributed by atoms with Crippen molar-refractivity contribution < 1.29 is 14.3 Å². The fourth-order valence-corrected chi connectivity index (χ4v) is 3.22. The maximum atomic E-state index is 12.1. The highest BCUT2D eigenvalue weighted by Crippen LogP contribution is 2.35. The monoisotopic (exact) mass is 345 g/mol. The van der Waals surface area contributed by atoms with Crippen LogP contribution in [0.5, 0.6) is 0 Å². The fraction of sp³-hybridized carbons (Fsp3) is 0.619. The van der Waals surface area contributed by atoms with E-state index in [1.807, 2.05) is 20.8 Å². The largest absolute Gasteiger partial charge is 0.444 e. The summed E-state index contributed by atoms with van der Waals surface area (Å²) in [6.07, 6.45) is 0.740. The first-order valence-corrected chi connectivity index (χ1v) is 9.14. The van der Waals surface area contributed by atoms with Crippen LogP contribution in [0.15, 0.2) is 12.1 Å². The van der Waals surface area contributed by atoms with Crippen LogP contribution in [0.25, 0.3) is 0 Å². The lowest BCUT2D eigenvalue weighted by atomic mass is 9.82. The molecule has 0 spiro atoms. The zero-order chi connectivity index (χ0) is 18.9. The van der Waals surface area contributed by atoms with Gasteiger partial charge in [-0.05, 0) is 49.3 Å². The van der Waals surface area contributed by atoms with Gasteiger partial charge >= 0.3 is 6.09 Å². The summed E-state index contributed by atoms with van der Waals surface area (Å²) in [5.74, 6) is 0.891. The van der Waals surface area contributed by atoms with Gasteiger partial charge < -0.3 is 9.64 Å². The number of carbonyl (C=O) groups is 2. The lowest BCUT2D eigenvalue weighted by Gasteiger charge is -2.40. The summed E-state index contributed by atoms with van der Waals surface area (Å²) in [6.45, 7) is 15.4. The zero-order valence-electron chi connectivity index (χ0n) is 16.6. The molecule has 1 aliphatic heterocycles. The zero-order valence-corrected chi connectivity index (χ0v) is 16.6. The van der Waals surface area contributed by atoms with Gasteiger partial charge in [0.15, 0.2) is 6.29 Å². The van der Waals surface area contributed by atoms with Crippen LogP contribution < -0.4 is 0 Å². The highest BCUT2D eigenvalue weighted by atomic mass is 16.6. The van der Waals surface area contributed by atoms with Crippen molar-refractivity contribution in [3.63, 3.8) is 0 Å². The van der Waals surface area contributed by atoms with Crippen molar-refractivity contribution in [1.29, 1.82) is 0 Å². The van der Waals surface area contributed by atoms with E-state index in [1.165, 1.54) is 5.56 Å². The van der Waals surface area contributed by atoms with Gasteiger partial charge in [-0.1, -0.05) is 39.8 Å². The third-order valence-corrected chi connectivity index (χ3v) is 4.63. The maximum Gasteiger partial charge on any atom is 0.410 e. The van der Waals surface area contributed by atoms with E-state index in [2.05, 4.69) is 39.8 Å². The molecule has 1 aromatic rings. The number of benzene rings is 1. The Morgan fingerprint density at radius 1 is 1.12 bits per heavy atom. The summed E-state index contributed by atoms with van der Waals surface area (Å²) in [5, 5.41) is 0. The Labute approximate surface area is 151 Å². The first-order chi connectivity index (χ1) is 11.5. The van der Waals surface area contributed by atoms with Gasteiger partial charge in [-0.15, -0.1) is 0 Å². The maximum absolute atomic E-state index is 12.1. The van der Waals surface area contributed by atoms with E-state index in [9.17, 15) is 9.59 Å². The summed E-state index contributed by atoms with van der Waals surface area (Å²) in [7, 11) is 0. The number of amides is 1. The van der Waals surface area contributed by atoms with Crippen LogP contribution in [0.1, 0.15) is 93.3 Å². The van der Waals surface area contributed by atoms with Crippen molar-refractivity contribution in [3.8, 4) is 0 Å². The highest BCUT2D eigenvalue weighted by Gasteiger charge is 2.35. The van der Waals surface area contributed by atoms with Crippen molar-refractivity contribution in [2.45, 2.75) is 71.8 Å². The molecule has 0 unspecified atom stereocenters. The predicted octanol–water partition coefficient (Wildman–Crippen LogP) is 5.08. The molecule has 4 nitrogen and oxygen atoms in total. The van der Waals surface area contributed by atoms with Gasteiger partial charge in [0.05, 0.1) is 0 Å². The predicted molar refractivity (Wildman–Crippen MR) is 101 cm³/mol. The molecular weight excluding hydrogens is 314 g/mol. The molecule has 4 heteroatoms. The Bertz CT molecular complexity index is 621. The van der Waals surface area contributed by atoms with Crippen molar-refractivity contribution in [3.05, 3.63) is 34.4 Å². The molecule has 0 aromatic heterocycles. The van der Waals surface area contributed by atoms with Gasteiger partial charge in [0.1, 0.15) is 5.60 Å². The summed E-state index contributed by atoms with van der Waals surface area (Å²) in [5.41, 5.74) is 3.79. The molecule has 1 aliphatic rings. The number of ether oxygens (including phenoxy) is 1. The van der Waals surface area contributed by atoms with Crippen LogP contribution in [-0.4, -0.2) is 36.0 Å². The normalized spacial score (nSPS) is 15.5. The Balaban J connectivity index is 2.22. The molecule has 1 fully saturated rings. The van der Waals surface area contributed by atoms with Gasteiger partial charge in [0, 0.05) is 24.6 Å². The lowest BCUT2D eigenvalue weighted by Crippen LogP contribution is -2.50. The number of aldehydes is 1. The third-order valence-electron chi connectivity index (χ3n) is 4.63. The second kappa shape index (κ2) is 7.19. The lowest BCUT2D eigenvalue weighted by molar-refractivity contribution is 0.00818. The molecule has 0 bridgehead atoms. The molecule has 138 valence electrons. The molecule has 0 N–H and O–H groups in total. The summed E-state index contributed by atoms with van der Waals surface area (Å²) in [4.78, 5) is 25.5. The van der Waals surface area contributed by atoms with Gasteiger partial charge in [0.2, 0.25) is 0 Å². The van der Waals surface area contributed by atoms with E-state index < -0.39 is 5.60 Å². The summed E-state index contributed by atoms with van der Waals surface area (Å²) < 4.78 is 5.43. The van der Waals surface area contributed by atoms with Crippen LogP contribution in [0.4, 0.5) is 4.79 Å². The Hall–Kier alpha value is -1.84. The Kier molecular flexibility index (Phi) is 5.60. The summed E-state index contributed by atoms with van der Waals surface area (Å²) >= 11 is 0. The van der Waals surface area contributed by atoms with Gasteiger partial charge in [0.25, 0.3) is 0 Å². The molecule has 1 heterocycles. The van der Waals surface area contributed by atoms with Crippen molar-refractivity contribution >= 4 is 12.4 Å². The van der Waals surface area contributed by atoms with Gasteiger partial charge in [-0.2, -0.15) is 0 Å². The molecule has 0 saturated carbocycles. The van der Waals surface area contributed by atoms with Crippen LogP contribution >= 0.6 is 0 Å². The molecule has 2 rings (SSSR count). The Morgan fingerprint density at radius 3 is 1.96 bits per heavy atom. The van der Waals surface area contributed by atoms with Crippen molar-refractivity contribution in [2.24, 2.45) is 0 Å². The molecule has 0 aliphatic carbocycles. The minimum Gasteiger partial charge on any atom is -0.444 e. The van der Waals surface area contributed by atoms with E-state index in [1.54, 1.807) is 4.90 Å². The molecule has 0 atom stereocenters. The molecule has 0 radical (unpaired) electrons.